The average Bonchev–Trinajstić information content (AvgIpc) is 2.98. The molecule has 1 aromatic heterocycles. The van der Waals surface area contributed by atoms with Crippen LogP contribution < -0.4 is 5.32 Å². The summed E-state index contributed by atoms with van der Waals surface area (Å²) in [6.45, 7) is 1.81. The maximum absolute atomic E-state index is 12.4. The lowest BCUT2D eigenvalue weighted by molar-refractivity contribution is 0.0278. The molecule has 1 fully saturated rings. The zero-order valence-corrected chi connectivity index (χ0v) is 13.4. The summed E-state index contributed by atoms with van der Waals surface area (Å²) in [6, 6.07) is 5.21. The maximum atomic E-state index is 12.4. The molecule has 0 unspecified atom stereocenters. The summed E-state index contributed by atoms with van der Waals surface area (Å²) < 4.78 is 0. The van der Waals surface area contributed by atoms with Gasteiger partial charge in [-0.2, -0.15) is 15.4 Å². The van der Waals surface area contributed by atoms with Crippen LogP contribution in [0.4, 0.5) is 10.5 Å². The number of fused-ring (bicyclic) bond motifs is 1. The average molecular weight is 318 g/mol. The van der Waals surface area contributed by atoms with E-state index in [2.05, 4.69) is 25.6 Å². The van der Waals surface area contributed by atoms with E-state index < -0.39 is 6.10 Å². The first kappa shape index (κ1) is 15.7. The van der Waals surface area contributed by atoms with Crippen LogP contribution >= 0.6 is 0 Å². The number of nitrogens with zero attached hydrogens (tertiary/aromatic N) is 4. The summed E-state index contributed by atoms with van der Waals surface area (Å²) in [5, 5.41) is 23.7. The molecule has 3 rings (SSSR count). The predicted octanol–water partition coefficient (Wildman–Crippen LogP) is 0.734. The first-order valence-electron chi connectivity index (χ1n) is 7.73. The van der Waals surface area contributed by atoms with Gasteiger partial charge in [0, 0.05) is 25.6 Å². The van der Waals surface area contributed by atoms with Gasteiger partial charge in [0.05, 0.1) is 11.8 Å². The standard InChI is InChI=1S/C15H22N6O2/c1-20(2)8-10-6-7-21(9-13(10)22)15(23)16-11-4-3-5-12-14(11)18-19-17-12/h3-5,10,13,22H,6-9H2,1-2H3,(H,16,23)(H,17,18,19)/t10-,13+/m0/s1. The fourth-order valence-corrected chi connectivity index (χ4v) is 3.01. The first-order valence-corrected chi connectivity index (χ1v) is 7.73. The van der Waals surface area contributed by atoms with Gasteiger partial charge in [-0.15, -0.1) is 0 Å². The normalized spacial score (nSPS) is 21.8. The molecule has 0 radical (unpaired) electrons. The van der Waals surface area contributed by atoms with E-state index in [4.69, 9.17) is 0 Å². The molecule has 0 bridgehead atoms. The van der Waals surface area contributed by atoms with Gasteiger partial charge >= 0.3 is 6.03 Å². The SMILES string of the molecule is CN(C)C[C@@H]1CCN(C(=O)Nc2cccc3n[nH]nc23)C[C@H]1O. The number of benzene rings is 1. The Hall–Kier alpha value is -2.19. The van der Waals surface area contributed by atoms with Gasteiger partial charge in [0.1, 0.15) is 11.0 Å². The number of anilines is 1. The van der Waals surface area contributed by atoms with Gasteiger partial charge in [-0.1, -0.05) is 6.07 Å². The Morgan fingerprint density at radius 3 is 3.04 bits per heavy atom. The Balaban J connectivity index is 1.64. The van der Waals surface area contributed by atoms with Gasteiger partial charge in [0.15, 0.2) is 0 Å². The molecule has 0 spiro atoms. The summed E-state index contributed by atoms with van der Waals surface area (Å²) >= 11 is 0. The van der Waals surface area contributed by atoms with Gasteiger partial charge < -0.3 is 20.2 Å². The molecule has 1 aliphatic rings. The topological polar surface area (TPSA) is 97.4 Å². The fourth-order valence-electron chi connectivity index (χ4n) is 3.01. The molecule has 3 N–H and O–H groups in total. The highest BCUT2D eigenvalue weighted by molar-refractivity contribution is 5.98. The maximum Gasteiger partial charge on any atom is 0.321 e. The summed E-state index contributed by atoms with van der Waals surface area (Å²) in [5.74, 6) is 0.202. The van der Waals surface area contributed by atoms with E-state index in [9.17, 15) is 9.90 Å². The van der Waals surface area contributed by atoms with Crippen LogP contribution in [0.15, 0.2) is 18.2 Å². The third-order valence-corrected chi connectivity index (χ3v) is 4.20. The highest BCUT2D eigenvalue weighted by atomic mass is 16.3. The summed E-state index contributed by atoms with van der Waals surface area (Å²) in [5.41, 5.74) is 1.95. The number of rotatable bonds is 3. The van der Waals surface area contributed by atoms with Crippen LogP contribution in [-0.2, 0) is 0 Å². The molecule has 2 aromatic rings. The Morgan fingerprint density at radius 2 is 2.30 bits per heavy atom. The van der Waals surface area contributed by atoms with Crippen molar-refractivity contribution in [3.8, 4) is 0 Å². The predicted molar refractivity (Wildman–Crippen MR) is 87.1 cm³/mol. The smallest absolute Gasteiger partial charge is 0.321 e. The number of aromatic amines is 1. The lowest BCUT2D eigenvalue weighted by Crippen LogP contribution is -2.50. The van der Waals surface area contributed by atoms with Gasteiger partial charge in [0.2, 0.25) is 0 Å². The third kappa shape index (κ3) is 3.43. The number of H-pyrrole nitrogens is 1. The first-order chi connectivity index (χ1) is 11.0. The van der Waals surface area contributed by atoms with Crippen LogP contribution in [-0.4, -0.2) is 76.2 Å². The Labute approximate surface area is 134 Å². The van der Waals surface area contributed by atoms with Crippen molar-refractivity contribution in [3.05, 3.63) is 18.2 Å². The molecule has 1 saturated heterocycles. The van der Waals surface area contributed by atoms with Crippen molar-refractivity contribution in [1.82, 2.24) is 25.2 Å². The number of aromatic nitrogens is 3. The van der Waals surface area contributed by atoms with Crippen molar-refractivity contribution in [1.29, 1.82) is 0 Å². The molecule has 0 aliphatic carbocycles. The molecule has 0 saturated carbocycles. The van der Waals surface area contributed by atoms with Crippen LogP contribution in [0.3, 0.4) is 0 Å². The minimum atomic E-state index is -0.500. The fraction of sp³-hybridized carbons (Fsp3) is 0.533. The molecule has 124 valence electrons. The lowest BCUT2D eigenvalue weighted by Gasteiger charge is -2.37. The number of urea groups is 1. The summed E-state index contributed by atoms with van der Waals surface area (Å²) in [4.78, 5) is 16.2. The van der Waals surface area contributed by atoms with Crippen LogP contribution in [0.25, 0.3) is 11.0 Å². The number of aliphatic hydroxyl groups is 1. The zero-order chi connectivity index (χ0) is 16.4. The minimum Gasteiger partial charge on any atom is -0.391 e. The number of likely N-dealkylation sites (tertiary alicyclic amines) is 1. The Bertz CT molecular complexity index is 685. The van der Waals surface area contributed by atoms with Crippen LogP contribution in [0.2, 0.25) is 0 Å². The summed E-state index contributed by atoms with van der Waals surface area (Å²) in [6.07, 6.45) is 0.292. The number of hydrogen-bond acceptors (Lipinski definition) is 5. The zero-order valence-electron chi connectivity index (χ0n) is 13.4. The van der Waals surface area contributed by atoms with E-state index in [1.807, 2.05) is 26.2 Å². The van der Waals surface area contributed by atoms with Crippen LogP contribution in [0, 0.1) is 5.92 Å². The van der Waals surface area contributed by atoms with E-state index >= 15 is 0 Å². The number of carbonyl (C=O) groups is 1. The van der Waals surface area contributed by atoms with E-state index in [-0.39, 0.29) is 11.9 Å². The minimum absolute atomic E-state index is 0.202. The Kier molecular flexibility index (Phi) is 4.44. The van der Waals surface area contributed by atoms with Gasteiger partial charge in [-0.05, 0) is 32.6 Å². The molecule has 1 aliphatic heterocycles. The number of para-hydroxylation sites is 1. The molecule has 23 heavy (non-hydrogen) atoms. The van der Waals surface area contributed by atoms with E-state index in [0.29, 0.717) is 29.8 Å². The number of amides is 2. The van der Waals surface area contributed by atoms with Crippen molar-refractivity contribution in [2.75, 3.05) is 39.0 Å². The monoisotopic (exact) mass is 318 g/mol. The molecule has 8 nitrogen and oxygen atoms in total. The lowest BCUT2D eigenvalue weighted by atomic mass is 9.93. The van der Waals surface area contributed by atoms with E-state index in [1.165, 1.54) is 0 Å². The number of hydrogen-bond donors (Lipinski definition) is 3. The van der Waals surface area contributed by atoms with Crippen molar-refractivity contribution < 1.29 is 9.90 Å². The molecule has 2 heterocycles. The number of nitrogens with one attached hydrogen (secondary N) is 2. The second-order valence-electron chi connectivity index (χ2n) is 6.25. The highest BCUT2D eigenvalue weighted by Crippen LogP contribution is 2.22. The molecule has 8 heteroatoms. The number of carbonyl (C=O) groups excluding carboxylic acids is 1. The number of β-amino-alcohol motifs (C(OH)–C–C–N with tert-alkyl or cyclic N) is 1. The van der Waals surface area contributed by atoms with Gasteiger partial charge in [-0.25, -0.2) is 4.79 Å². The van der Waals surface area contributed by atoms with Crippen LogP contribution in [0.5, 0.6) is 0 Å². The van der Waals surface area contributed by atoms with Crippen molar-refractivity contribution in [2.24, 2.45) is 5.92 Å². The molecular weight excluding hydrogens is 296 g/mol. The van der Waals surface area contributed by atoms with Crippen molar-refractivity contribution in [2.45, 2.75) is 12.5 Å². The quantitative estimate of drug-likeness (QED) is 0.775. The van der Waals surface area contributed by atoms with Crippen LogP contribution in [0.1, 0.15) is 6.42 Å². The van der Waals surface area contributed by atoms with Crippen molar-refractivity contribution in [3.63, 3.8) is 0 Å². The van der Waals surface area contributed by atoms with Gasteiger partial charge in [0.25, 0.3) is 0 Å². The largest absolute Gasteiger partial charge is 0.391 e. The molecule has 2 atom stereocenters. The number of piperidine rings is 1. The second kappa shape index (κ2) is 6.51. The van der Waals surface area contributed by atoms with E-state index in [1.54, 1.807) is 11.0 Å². The third-order valence-electron chi connectivity index (χ3n) is 4.20. The number of aliphatic hydroxyl groups excluding tert-OH is 1. The molecule has 1 aromatic carbocycles. The summed E-state index contributed by atoms with van der Waals surface area (Å²) in [7, 11) is 3.98. The van der Waals surface area contributed by atoms with E-state index in [0.717, 1.165) is 13.0 Å². The van der Waals surface area contributed by atoms with Gasteiger partial charge in [-0.3, -0.25) is 0 Å². The second-order valence-corrected chi connectivity index (χ2v) is 6.25. The molecule has 2 amide bonds. The Morgan fingerprint density at radius 1 is 1.48 bits per heavy atom. The molecular formula is C15H22N6O2. The van der Waals surface area contributed by atoms with Crippen molar-refractivity contribution >= 4 is 22.8 Å². The highest BCUT2D eigenvalue weighted by Gasteiger charge is 2.30.